The quantitative estimate of drug-likeness (QED) is 0.689. The van der Waals surface area contributed by atoms with Gasteiger partial charge in [-0.2, -0.15) is 0 Å². The van der Waals surface area contributed by atoms with E-state index < -0.39 is 5.54 Å². The fourth-order valence-electron chi connectivity index (χ4n) is 3.55. The van der Waals surface area contributed by atoms with Crippen molar-refractivity contribution in [2.24, 2.45) is 0 Å². The number of hydrogen-bond donors (Lipinski definition) is 1. The van der Waals surface area contributed by atoms with Crippen LogP contribution in [-0.2, 0) is 25.6 Å². The van der Waals surface area contributed by atoms with Crippen LogP contribution in [0.2, 0.25) is 0 Å². The molecule has 7 heteroatoms. The number of rotatable bonds is 8. The van der Waals surface area contributed by atoms with Gasteiger partial charge in [-0.05, 0) is 36.6 Å². The second kappa shape index (κ2) is 10.0. The van der Waals surface area contributed by atoms with Crippen LogP contribution in [0.3, 0.4) is 0 Å². The number of esters is 1. The molecule has 0 spiro atoms. The van der Waals surface area contributed by atoms with Gasteiger partial charge in [0.25, 0.3) is 0 Å². The van der Waals surface area contributed by atoms with Gasteiger partial charge >= 0.3 is 5.97 Å². The summed E-state index contributed by atoms with van der Waals surface area (Å²) in [4.78, 5) is 31.1. The lowest BCUT2D eigenvalue weighted by atomic mass is 9.86. The first kappa shape index (κ1) is 20.8. The summed E-state index contributed by atoms with van der Waals surface area (Å²) in [6.45, 7) is 1.74. The fourth-order valence-corrected chi connectivity index (χ4v) is 3.55. The molecule has 1 fully saturated rings. The number of methoxy groups -OCH3 is 1. The largest absolute Gasteiger partial charge is 0.469 e. The Balaban J connectivity index is 1.73. The minimum atomic E-state index is -0.626. The van der Waals surface area contributed by atoms with E-state index in [0.29, 0.717) is 32.6 Å². The number of carbonyl (C=O) groups excluding carboxylic acids is 2. The van der Waals surface area contributed by atoms with Crippen molar-refractivity contribution in [1.29, 1.82) is 0 Å². The summed E-state index contributed by atoms with van der Waals surface area (Å²) in [5.74, 6) is -0.467. The van der Waals surface area contributed by atoms with Crippen LogP contribution in [0.1, 0.15) is 24.8 Å². The molecule has 0 aliphatic carbocycles. The van der Waals surface area contributed by atoms with E-state index >= 15 is 0 Å². The van der Waals surface area contributed by atoms with Gasteiger partial charge in [-0.25, -0.2) is 0 Å². The smallest absolute Gasteiger partial charge is 0.307 e. The number of ether oxygens (including phenoxy) is 2. The lowest BCUT2D eigenvalue weighted by molar-refractivity contribution is -0.144. The van der Waals surface area contributed by atoms with Crippen molar-refractivity contribution in [2.75, 3.05) is 31.8 Å². The number of nitrogens with one attached hydrogen (secondary N) is 1. The third kappa shape index (κ3) is 6.02. The summed E-state index contributed by atoms with van der Waals surface area (Å²) in [5.41, 5.74) is 1.33. The van der Waals surface area contributed by atoms with Crippen LogP contribution < -0.4 is 10.2 Å². The highest BCUT2D eigenvalue weighted by Crippen LogP contribution is 2.25. The van der Waals surface area contributed by atoms with Crippen molar-refractivity contribution in [3.8, 4) is 0 Å². The highest BCUT2D eigenvalue weighted by atomic mass is 16.5. The molecule has 0 unspecified atom stereocenters. The molecule has 0 radical (unpaired) electrons. The zero-order valence-electron chi connectivity index (χ0n) is 16.7. The molecule has 1 amide bonds. The molecule has 154 valence electrons. The average molecular weight is 397 g/mol. The predicted molar refractivity (Wildman–Crippen MR) is 109 cm³/mol. The maximum absolute atomic E-state index is 13.0. The molecule has 0 saturated carbocycles. The third-order valence-corrected chi connectivity index (χ3v) is 5.12. The Bertz CT molecular complexity index is 792. The molecule has 1 saturated heterocycles. The maximum atomic E-state index is 13.0. The molecule has 1 aliphatic heterocycles. The van der Waals surface area contributed by atoms with Gasteiger partial charge in [-0.1, -0.05) is 24.3 Å². The topological polar surface area (TPSA) is 80.8 Å². The Kier molecular flexibility index (Phi) is 7.19. The van der Waals surface area contributed by atoms with Crippen molar-refractivity contribution in [3.05, 3.63) is 60.4 Å². The van der Waals surface area contributed by atoms with Crippen LogP contribution in [0.25, 0.3) is 0 Å². The molecule has 1 aliphatic rings. The molecule has 0 atom stereocenters. The first-order chi connectivity index (χ1) is 14.1. The fraction of sp³-hybridized carbons (Fsp3) is 0.409. The molecule has 1 aromatic heterocycles. The maximum Gasteiger partial charge on any atom is 0.307 e. The number of aromatic nitrogens is 1. The Morgan fingerprint density at radius 3 is 2.59 bits per heavy atom. The van der Waals surface area contributed by atoms with E-state index in [-0.39, 0.29) is 24.8 Å². The number of anilines is 1. The zero-order chi connectivity index (χ0) is 20.5. The van der Waals surface area contributed by atoms with E-state index in [9.17, 15) is 9.59 Å². The molecule has 1 aromatic carbocycles. The first-order valence-electron chi connectivity index (χ1n) is 9.75. The minimum absolute atomic E-state index is 0.136. The van der Waals surface area contributed by atoms with Crippen LogP contribution in [0.4, 0.5) is 5.69 Å². The number of amides is 1. The van der Waals surface area contributed by atoms with Crippen LogP contribution in [-0.4, -0.2) is 49.3 Å². The Morgan fingerprint density at radius 1 is 1.17 bits per heavy atom. The molecule has 3 rings (SSSR count). The third-order valence-electron chi connectivity index (χ3n) is 5.12. The van der Waals surface area contributed by atoms with Crippen LogP contribution >= 0.6 is 0 Å². The summed E-state index contributed by atoms with van der Waals surface area (Å²) in [6, 6.07) is 13.6. The zero-order valence-corrected chi connectivity index (χ0v) is 16.7. The van der Waals surface area contributed by atoms with E-state index in [1.54, 1.807) is 12.4 Å². The van der Waals surface area contributed by atoms with Crippen LogP contribution in [0, 0.1) is 0 Å². The average Bonchev–Trinajstić information content (AvgIpc) is 2.75. The predicted octanol–water partition coefficient (Wildman–Crippen LogP) is 2.32. The molecule has 2 heterocycles. The van der Waals surface area contributed by atoms with E-state index in [1.807, 2.05) is 47.4 Å². The van der Waals surface area contributed by atoms with Crippen LogP contribution in [0.15, 0.2) is 54.9 Å². The first-order valence-corrected chi connectivity index (χ1v) is 9.75. The van der Waals surface area contributed by atoms with Gasteiger partial charge in [0.1, 0.15) is 0 Å². The Labute approximate surface area is 171 Å². The standard InChI is InChI=1S/C22H27N3O4/c1-28-21(27)14-22(9-12-29-13-10-22)24-20(26)17-25(19-7-3-2-4-8-19)16-18-6-5-11-23-15-18/h2-8,11,15H,9-10,12-14,16-17H2,1H3,(H,24,26). The van der Waals surface area contributed by atoms with Crippen molar-refractivity contribution < 1.29 is 19.1 Å². The number of benzene rings is 1. The monoisotopic (exact) mass is 397 g/mol. The SMILES string of the molecule is COC(=O)CC1(NC(=O)CN(Cc2cccnc2)c2ccccc2)CCOCC1. The summed E-state index contributed by atoms with van der Waals surface area (Å²) in [6.07, 6.45) is 4.84. The molecule has 29 heavy (non-hydrogen) atoms. The molecular weight excluding hydrogens is 370 g/mol. The van der Waals surface area contributed by atoms with Crippen molar-refractivity contribution in [1.82, 2.24) is 10.3 Å². The summed E-state index contributed by atoms with van der Waals surface area (Å²) in [5, 5.41) is 3.11. The Hall–Kier alpha value is -2.93. The Morgan fingerprint density at radius 2 is 1.93 bits per heavy atom. The highest BCUT2D eigenvalue weighted by Gasteiger charge is 2.37. The molecule has 2 aromatic rings. The number of para-hydroxylation sites is 1. The van der Waals surface area contributed by atoms with Gasteiger partial charge in [-0.3, -0.25) is 14.6 Å². The highest BCUT2D eigenvalue weighted by molar-refractivity contribution is 5.83. The second-order valence-corrected chi connectivity index (χ2v) is 7.25. The van der Waals surface area contributed by atoms with E-state index in [2.05, 4.69) is 10.3 Å². The second-order valence-electron chi connectivity index (χ2n) is 7.25. The summed E-state index contributed by atoms with van der Waals surface area (Å²) >= 11 is 0. The van der Waals surface area contributed by atoms with Gasteiger partial charge in [0.15, 0.2) is 0 Å². The van der Waals surface area contributed by atoms with E-state index in [1.165, 1.54) is 7.11 Å². The molecular formula is C22H27N3O4. The van der Waals surface area contributed by atoms with Crippen molar-refractivity contribution >= 4 is 17.6 Å². The van der Waals surface area contributed by atoms with Crippen molar-refractivity contribution in [3.63, 3.8) is 0 Å². The van der Waals surface area contributed by atoms with Gasteiger partial charge in [0.2, 0.25) is 5.91 Å². The van der Waals surface area contributed by atoms with Gasteiger partial charge in [-0.15, -0.1) is 0 Å². The lowest BCUT2D eigenvalue weighted by Crippen LogP contribution is -2.55. The minimum Gasteiger partial charge on any atom is -0.469 e. The van der Waals surface area contributed by atoms with E-state index in [4.69, 9.17) is 9.47 Å². The summed E-state index contributed by atoms with van der Waals surface area (Å²) in [7, 11) is 1.36. The molecule has 7 nitrogen and oxygen atoms in total. The molecule has 1 N–H and O–H groups in total. The van der Waals surface area contributed by atoms with E-state index in [0.717, 1.165) is 11.3 Å². The lowest BCUT2D eigenvalue weighted by Gasteiger charge is -2.38. The number of pyridine rings is 1. The normalized spacial score (nSPS) is 15.3. The van der Waals surface area contributed by atoms with Gasteiger partial charge in [0, 0.05) is 37.8 Å². The van der Waals surface area contributed by atoms with Gasteiger partial charge in [0.05, 0.1) is 25.6 Å². The molecule has 0 bridgehead atoms. The van der Waals surface area contributed by atoms with Gasteiger partial charge < -0.3 is 19.7 Å². The summed E-state index contributed by atoms with van der Waals surface area (Å²) < 4.78 is 10.3. The van der Waals surface area contributed by atoms with Crippen LogP contribution in [0.5, 0.6) is 0 Å². The number of hydrogen-bond acceptors (Lipinski definition) is 6. The number of nitrogens with zero attached hydrogens (tertiary/aromatic N) is 2. The number of carbonyl (C=O) groups is 2. The van der Waals surface area contributed by atoms with Crippen molar-refractivity contribution in [2.45, 2.75) is 31.3 Å².